The van der Waals surface area contributed by atoms with Crippen LogP contribution in [-0.2, 0) is 6.42 Å². The number of phenolic OH excluding ortho intramolecular Hbond substituents is 1. The highest BCUT2D eigenvalue weighted by Crippen LogP contribution is 2.63. The first-order chi connectivity index (χ1) is 20.8. The Bertz CT molecular complexity index is 1290. The van der Waals surface area contributed by atoms with Gasteiger partial charge in [0.1, 0.15) is 11.9 Å². The van der Waals surface area contributed by atoms with Crippen LogP contribution in [0.25, 0.3) is 0 Å². The minimum atomic E-state index is -0.986. The predicted molar refractivity (Wildman–Crippen MR) is 168 cm³/mol. The molecule has 2 aromatic rings. The van der Waals surface area contributed by atoms with Crippen LogP contribution in [0.1, 0.15) is 117 Å². The van der Waals surface area contributed by atoms with Crippen molar-refractivity contribution in [3.63, 3.8) is 0 Å². The molecule has 0 bridgehead atoms. The van der Waals surface area contributed by atoms with E-state index in [4.69, 9.17) is 5.26 Å². The molecule has 3 unspecified atom stereocenters. The first-order valence-electron chi connectivity index (χ1n) is 16.7. The first-order valence-corrected chi connectivity index (χ1v) is 16.7. The summed E-state index contributed by atoms with van der Waals surface area (Å²) >= 11 is 0. The number of carbonyl (C=O) groups excluding carboxylic acids is 1. The van der Waals surface area contributed by atoms with Gasteiger partial charge in [-0.05, 0) is 116 Å². The zero-order valence-corrected chi connectivity index (χ0v) is 26.0. The molecular weight excluding hydrogens is 539 g/mol. The molecule has 5 rings (SSSR count). The van der Waals surface area contributed by atoms with E-state index in [1.54, 1.807) is 30.3 Å². The van der Waals surface area contributed by atoms with E-state index in [9.17, 15) is 15.0 Å². The number of phenols is 1. The zero-order valence-electron chi connectivity index (χ0n) is 26.0. The second-order valence-electron chi connectivity index (χ2n) is 13.8. The maximum atomic E-state index is 16.0. The highest BCUT2D eigenvalue weighted by molar-refractivity contribution is 5.94. The van der Waals surface area contributed by atoms with E-state index in [1.807, 2.05) is 17.0 Å². The Kier molecular flexibility index (Phi) is 10.1. The topological polar surface area (TPSA) is 84.6 Å². The third-order valence-corrected chi connectivity index (χ3v) is 11.1. The fourth-order valence-corrected chi connectivity index (χ4v) is 8.83. The summed E-state index contributed by atoms with van der Waals surface area (Å²) in [5, 5.41) is 30.3. The molecule has 43 heavy (non-hydrogen) atoms. The largest absolute Gasteiger partial charge is 0.508 e. The van der Waals surface area contributed by atoms with Gasteiger partial charge < -0.3 is 15.1 Å². The summed E-state index contributed by atoms with van der Waals surface area (Å²) in [5.41, 5.74) is 2.97. The van der Waals surface area contributed by atoms with Crippen molar-refractivity contribution in [2.45, 2.75) is 109 Å². The molecule has 2 N–H and O–H groups in total. The van der Waals surface area contributed by atoms with Gasteiger partial charge in [0, 0.05) is 24.6 Å². The van der Waals surface area contributed by atoms with Gasteiger partial charge in [0.25, 0.3) is 5.91 Å². The van der Waals surface area contributed by atoms with E-state index in [1.165, 1.54) is 6.42 Å². The fourth-order valence-electron chi connectivity index (χ4n) is 8.83. The van der Waals surface area contributed by atoms with Crippen LogP contribution in [0.4, 0.5) is 4.39 Å². The lowest BCUT2D eigenvalue weighted by atomic mass is 9.51. The number of benzene rings is 2. The number of nitrogens with zero attached hydrogens (tertiary/aromatic N) is 2. The summed E-state index contributed by atoms with van der Waals surface area (Å²) in [6, 6.07) is 14.5. The van der Waals surface area contributed by atoms with E-state index in [2.05, 4.69) is 19.9 Å². The molecule has 1 amide bonds. The van der Waals surface area contributed by atoms with Gasteiger partial charge in [-0.2, -0.15) is 5.26 Å². The SMILES string of the molecule is CCCCCCN(CCCCC[C@@H]1Cc2cc(O)ccc2C2C1C1CC[C@H](O)[C@@]1(C)C[C@@H]2F)C(=O)c1ccc(C#N)cc1. The van der Waals surface area contributed by atoms with Crippen molar-refractivity contribution in [2.75, 3.05) is 13.1 Å². The van der Waals surface area contributed by atoms with Crippen LogP contribution in [0.5, 0.6) is 5.75 Å². The summed E-state index contributed by atoms with van der Waals surface area (Å²) in [5.74, 6) is 0.947. The van der Waals surface area contributed by atoms with Crippen LogP contribution in [0.15, 0.2) is 42.5 Å². The van der Waals surface area contributed by atoms with E-state index >= 15 is 4.39 Å². The predicted octanol–water partition coefficient (Wildman–Crippen LogP) is 7.94. The average molecular weight is 589 g/mol. The normalized spacial score (nSPS) is 29.3. The Labute approximate surface area is 257 Å². The Hall–Kier alpha value is -2.91. The first kappa shape index (κ1) is 31.5. The van der Waals surface area contributed by atoms with Gasteiger partial charge in [-0.3, -0.25) is 4.79 Å². The molecule has 7 atom stereocenters. The Morgan fingerprint density at radius 2 is 1.77 bits per heavy atom. The van der Waals surface area contributed by atoms with Crippen LogP contribution < -0.4 is 0 Å². The number of aromatic hydroxyl groups is 1. The summed E-state index contributed by atoms with van der Waals surface area (Å²) in [7, 11) is 0. The van der Waals surface area contributed by atoms with Crippen LogP contribution in [0.3, 0.4) is 0 Å². The fraction of sp³-hybridized carbons (Fsp3) is 0.622. The smallest absolute Gasteiger partial charge is 0.253 e. The van der Waals surface area contributed by atoms with Crippen LogP contribution in [-0.4, -0.2) is 46.4 Å². The number of hydrogen-bond acceptors (Lipinski definition) is 4. The lowest BCUT2D eigenvalue weighted by molar-refractivity contribution is -0.0722. The standard InChI is InChI=1S/C37H49FN2O3/c1-3-4-5-8-19-40(36(43)26-13-11-25(24-39)12-14-26)20-9-6-7-10-27-21-28-22-29(41)15-16-30(28)35-32(38)23-37(2)31(34(27)35)17-18-33(37)42/h11-16,22,27,31-35,41-42H,3-10,17-21,23H2,1-2H3/t27-,31?,32+,33+,34?,35?,37+/m1/s1. The van der Waals surface area contributed by atoms with Gasteiger partial charge in [-0.25, -0.2) is 4.39 Å². The molecule has 6 heteroatoms. The van der Waals surface area contributed by atoms with Crippen molar-refractivity contribution in [3.8, 4) is 11.8 Å². The molecule has 3 aliphatic rings. The Balaban J connectivity index is 1.24. The molecule has 3 aliphatic carbocycles. The minimum Gasteiger partial charge on any atom is -0.508 e. The van der Waals surface area contributed by atoms with E-state index in [-0.39, 0.29) is 28.9 Å². The average Bonchev–Trinajstić information content (AvgIpc) is 3.30. The number of rotatable bonds is 12. The lowest BCUT2D eigenvalue weighted by Crippen LogP contribution is -2.51. The molecule has 5 nitrogen and oxygen atoms in total. The zero-order chi connectivity index (χ0) is 30.6. The number of halogens is 1. The van der Waals surface area contributed by atoms with Gasteiger partial charge >= 0.3 is 0 Å². The van der Waals surface area contributed by atoms with Crippen LogP contribution >= 0.6 is 0 Å². The molecule has 0 aromatic heterocycles. The van der Waals surface area contributed by atoms with Gasteiger partial charge in [0.15, 0.2) is 0 Å². The Morgan fingerprint density at radius 3 is 2.47 bits per heavy atom. The second kappa shape index (κ2) is 13.8. The quantitative estimate of drug-likeness (QED) is 0.247. The summed E-state index contributed by atoms with van der Waals surface area (Å²) in [6.07, 6.45) is 9.89. The second-order valence-corrected chi connectivity index (χ2v) is 13.8. The molecule has 2 saturated carbocycles. The number of amides is 1. The van der Waals surface area contributed by atoms with Gasteiger partial charge in [-0.15, -0.1) is 0 Å². The number of aliphatic hydroxyl groups excluding tert-OH is 1. The molecule has 232 valence electrons. The molecular formula is C37H49FN2O3. The van der Waals surface area contributed by atoms with Crippen molar-refractivity contribution >= 4 is 5.91 Å². The molecule has 0 heterocycles. The van der Waals surface area contributed by atoms with Crippen molar-refractivity contribution in [1.82, 2.24) is 4.90 Å². The summed E-state index contributed by atoms with van der Waals surface area (Å²) in [4.78, 5) is 15.4. The van der Waals surface area contributed by atoms with E-state index in [0.29, 0.717) is 35.9 Å². The molecule has 0 aliphatic heterocycles. The number of alkyl halides is 1. The number of carbonyl (C=O) groups is 1. The van der Waals surface area contributed by atoms with Crippen LogP contribution in [0.2, 0.25) is 0 Å². The summed E-state index contributed by atoms with van der Waals surface area (Å²) in [6.45, 7) is 5.75. The van der Waals surface area contributed by atoms with Crippen molar-refractivity contribution in [1.29, 1.82) is 5.26 Å². The molecule has 2 fully saturated rings. The number of nitriles is 1. The van der Waals surface area contributed by atoms with Gasteiger partial charge in [-0.1, -0.05) is 52.0 Å². The van der Waals surface area contributed by atoms with E-state index < -0.39 is 12.3 Å². The number of aliphatic hydroxyl groups is 1. The third-order valence-electron chi connectivity index (χ3n) is 11.1. The monoisotopic (exact) mass is 588 g/mol. The summed E-state index contributed by atoms with van der Waals surface area (Å²) < 4.78 is 16.0. The van der Waals surface area contributed by atoms with Gasteiger partial charge in [0.05, 0.1) is 17.7 Å². The van der Waals surface area contributed by atoms with E-state index in [0.717, 1.165) is 81.9 Å². The number of hydrogen-bond donors (Lipinski definition) is 2. The number of unbranched alkanes of at least 4 members (excludes halogenated alkanes) is 5. The molecule has 0 saturated heterocycles. The van der Waals surface area contributed by atoms with Crippen molar-refractivity contribution in [2.24, 2.45) is 23.2 Å². The maximum absolute atomic E-state index is 16.0. The van der Waals surface area contributed by atoms with Crippen LogP contribution in [0, 0.1) is 34.5 Å². The molecule has 0 spiro atoms. The highest BCUT2D eigenvalue weighted by Gasteiger charge is 2.59. The number of fused-ring (bicyclic) bond motifs is 5. The minimum absolute atomic E-state index is 0.0304. The van der Waals surface area contributed by atoms with Crippen molar-refractivity contribution < 1.29 is 19.4 Å². The van der Waals surface area contributed by atoms with Crippen molar-refractivity contribution in [3.05, 3.63) is 64.7 Å². The lowest BCUT2D eigenvalue weighted by Gasteiger charge is -2.54. The maximum Gasteiger partial charge on any atom is 0.253 e. The molecule has 0 radical (unpaired) electrons. The van der Waals surface area contributed by atoms with Gasteiger partial charge in [0.2, 0.25) is 0 Å². The molecule has 2 aromatic carbocycles. The third kappa shape index (κ3) is 6.63. The highest BCUT2D eigenvalue weighted by atomic mass is 19.1. The Morgan fingerprint density at radius 1 is 1.05 bits per heavy atom.